The van der Waals surface area contributed by atoms with Gasteiger partial charge in [0.2, 0.25) is 0 Å². The normalized spacial score (nSPS) is 10.9. The van der Waals surface area contributed by atoms with Crippen LogP contribution in [-0.2, 0) is 6.42 Å². The van der Waals surface area contributed by atoms with Crippen molar-refractivity contribution in [1.82, 2.24) is 14.7 Å². The third-order valence-electron chi connectivity index (χ3n) is 1.80. The second kappa shape index (κ2) is 6.74. The number of aromatic nitrogens is 2. The van der Waals surface area contributed by atoms with Crippen LogP contribution in [0.2, 0.25) is 0 Å². The predicted octanol–water partition coefficient (Wildman–Crippen LogP) is 1.87. The second-order valence-corrected chi connectivity index (χ2v) is 4.40. The Hall–Kier alpha value is -0.680. The van der Waals surface area contributed by atoms with Crippen molar-refractivity contribution in [2.45, 2.75) is 39.7 Å². The van der Waals surface area contributed by atoms with Crippen LogP contribution in [0.5, 0.6) is 5.19 Å². The van der Waals surface area contributed by atoms with Crippen molar-refractivity contribution in [2.75, 3.05) is 13.2 Å². The highest BCUT2D eigenvalue weighted by Gasteiger charge is 2.03. The highest BCUT2D eigenvalue weighted by Crippen LogP contribution is 2.14. The number of nitrogens with one attached hydrogen (secondary N) is 1. The van der Waals surface area contributed by atoms with E-state index in [9.17, 15) is 0 Å². The lowest BCUT2D eigenvalue weighted by atomic mass is 10.3. The summed E-state index contributed by atoms with van der Waals surface area (Å²) in [6.45, 7) is 7.85. The fraction of sp³-hybridized carbons (Fsp3) is 0.800. The molecule has 0 aliphatic carbocycles. The summed E-state index contributed by atoms with van der Waals surface area (Å²) >= 11 is 1.34. The molecule has 1 N–H and O–H groups in total. The smallest absolute Gasteiger partial charge is 0.293 e. The van der Waals surface area contributed by atoms with Gasteiger partial charge in [-0.25, -0.2) is 0 Å². The van der Waals surface area contributed by atoms with E-state index in [0.717, 1.165) is 25.2 Å². The molecule has 86 valence electrons. The molecule has 1 rings (SSSR count). The molecular weight excluding hydrogens is 210 g/mol. The number of hydrogen-bond donors (Lipinski definition) is 1. The first-order chi connectivity index (χ1) is 7.22. The lowest BCUT2D eigenvalue weighted by Crippen LogP contribution is -2.27. The zero-order valence-electron chi connectivity index (χ0n) is 9.62. The fourth-order valence-corrected chi connectivity index (χ4v) is 1.71. The van der Waals surface area contributed by atoms with E-state index in [1.54, 1.807) is 0 Å². The Kier molecular flexibility index (Phi) is 5.57. The summed E-state index contributed by atoms with van der Waals surface area (Å²) in [5.74, 6) is 0.898. The van der Waals surface area contributed by atoms with E-state index >= 15 is 0 Å². The molecule has 0 aliphatic rings. The van der Waals surface area contributed by atoms with E-state index in [4.69, 9.17) is 4.74 Å². The van der Waals surface area contributed by atoms with Gasteiger partial charge in [-0.3, -0.25) is 0 Å². The molecule has 1 aromatic rings. The van der Waals surface area contributed by atoms with Crippen LogP contribution in [0.1, 0.15) is 33.0 Å². The standard InChI is InChI=1S/C10H19N3OS/c1-4-5-9-12-10(15-13-9)14-7-6-11-8(2)3/h8,11H,4-7H2,1-3H3. The maximum atomic E-state index is 5.47. The molecule has 0 bridgehead atoms. The molecule has 1 heterocycles. The predicted molar refractivity (Wildman–Crippen MR) is 62.5 cm³/mol. The van der Waals surface area contributed by atoms with Crippen molar-refractivity contribution in [2.24, 2.45) is 0 Å². The van der Waals surface area contributed by atoms with Gasteiger partial charge in [-0.2, -0.15) is 9.36 Å². The highest BCUT2D eigenvalue weighted by atomic mass is 32.1. The molecule has 0 radical (unpaired) electrons. The average Bonchev–Trinajstić information content (AvgIpc) is 2.61. The van der Waals surface area contributed by atoms with Gasteiger partial charge in [-0.1, -0.05) is 20.8 Å². The number of aryl methyl sites for hydroxylation is 1. The Labute approximate surface area is 95.2 Å². The van der Waals surface area contributed by atoms with Gasteiger partial charge in [-0.05, 0) is 6.42 Å². The van der Waals surface area contributed by atoms with Gasteiger partial charge in [0.15, 0.2) is 0 Å². The molecule has 0 spiro atoms. The molecule has 0 saturated heterocycles. The summed E-state index contributed by atoms with van der Waals surface area (Å²) in [5.41, 5.74) is 0. The van der Waals surface area contributed by atoms with Crippen LogP contribution in [0, 0.1) is 0 Å². The molecule has 15 heavy (non-hydrogen) atoms. The molecule has 1 aromatic heterocycles. The molecule has 4 nitrogen and oxygen atoms in total. The fourth-order valence-electron chi connectivity index (χ4n) is 1.11. The molecule has 0 atom stereocenters. The monoisotopic (exact) mass is 229 g/mol. The SMILES string of the molecule is CCCc1nsc(OCCNC(C)C)n1. The van der Waals surface area contributed by atoms with E-state index in [1.807, 2.05) is 0 Å². The summed E-state index contributed by atoms with van der Waals surface area (Å²) in [7, 11) is 0. The number of rotatable bonds is 7. The Morgan fingerprint density at radius 3 is 2.93 bits per heavy atom. The van der Waals surface area contributed by atoms with Gasteiger partial charge < -0.3 is 10.1 Å². The zero-order chi connectivity index (χ0) is 11.1. The summed E-state index contributed by atoms with van der Waals surface area (Å²) in [5, 5.41) is 3.96. The first-order valence-corrected chi connectivity index (χ1v) is 6.18. The van der Waals surface area contributed by atoms with Crippen LogP contribution in [0.25, 0.3) is 0 Å². The first kappa shape index (κ1) is 12.4. The van der Waals surface area contributed by atoms with E-state index in [-0.39, 0.29) is 0 Å². The molecule has 5 heteroatoms. The van der Waals surface area contributed by atoms with E-state index in [2.05, 4.69) is 35.4 Å². The molecule has 0 aliphatic heterocycles. The van der Waals surface area contributed by atoms with Crippen molar-refractivity contribution in [1.29, 1.82) is 0 Å². The molecule has 0 fully saturated rings. The summed E-state index contributed by atoms with van der Waals surface area (Å²) in [6.07, 6.45) is 2.01. The minimum absolute atomic E-state index is 0.499. The number of nitrogens with zero attached hydrogens (tertiary/aromatic N) is 2. The second-order valence-electron chi connectivity index (χ2n) is 3.68. The first-order valence-electron chi connectivity index (χ1n) is 5.41. The molecule has 0 unspecified atom stereocenters. The van der Waals surface area contributed by atoms with Crippen LogP contribution in [-0.4, -0.2) is 28.6 Å². The Balaban J connectivity index is 2.19. The summed E-state index contributed by atoms with van der Waals surface area (Å²) in [6, 6.07) is 0.499. The zero-order valence-corrected chi connectivity index (χ0v) is 10.4. The molecule has 0 amide bonds. The van der Waals surface area contributed by atoms with Gasteiger partial charge in [0.05, 0.1) is 0 Å². The lowest BCUT2D eigenvalue weighted by Gasteiger charge is -2.07. The lowest BCUT2D eigenvalue weighted by molar-refractivity contribution is 0.307. The summed E-state index contributed by atoms with van der Waals surface area (Å²) in [4.78, 5) is 4.27. The van der Waals surface area contributed by atoms with Gasteiger partial charge in [0.25, 0.3) is 5.19 Å². The van der Waals surface area contributed by atoms with Gasteiger partial charge in [0, 0.05) is 30.5 Å². The Bertz CT molecular complexity index is 275. The van der Waals surface area contributed by atoms with E-state index in [0.29, 0.717) is 17.8 Å². The maximum Gasteiger partial charge on any atom is 0.293 e. The van der Waals surface area contributed by atoms with Crippen molar-refractivity contribution in [3.8, 4) is 5.19 Å². The van der Waals surface area contributed by atoms with Crippen molar-refractivity contribution in [3.63, 3.8) is 0 Å². The Morgan fingerprint density at radius 1 is 1.47 bits per heavy atom. The molecule has 0 aromatic carbocycles. The van der Waals surface area contributed by atoms with Gasteiger partial charge >= 0.3 is 0 Å². The third kappa shape index (κ3) is 5.09. The maximum absolute atomic E-state index is 5.47. The number of ether oxygens (including phenoxy) is 1. The topological polar surface area (TPSA) is 47.0 Å². The van der Waals surface area contributed by atoms with Crippen molar-refractivity contribution >= 4 is 11.5 Å². The van der Waals surface area contributed by atoms with E-state index in [1.165, 1.54) is 11.5 Å². The quantitative estimate of drug-likeness (QED) is 0.725. The third-order valence-corrected chi connectivity index (χ3v) is 2.47. The summed E-state index contributed by atoms with van der Waals surface area (Å²) < 4.78 is 9.67. The average molecular weight is 229 g/mol. The molecular formula is C10H19N3OS. The largest absolute Gasteiger partial charge is 0.468 e. The van der Waals surface area contributed by atoms with Crippen LogP contribution in [0.15, 0.2) is 0 Å². The highest BCUT2D eigenvalue weighted by molar-refractivity contribution is 7.07. The van der Waals surface area contributed by atoms with Crippen LogP contribution >= 0.6 is 11.5 Å². The van der Waals surface area contributed by atoms with Gasteiger partial charge in [-0.15, -0.1) is 0 Å². The minimum Gasteiger partial charge on any atom is -0.468 e. The van der Waals surface area contributed by atoms with Crippen LogP contribution < -0.4 is 10.1 Å². The molecule has 0 saturated carbocycles. The number of hydrogen-bond acceptors (Lipinski definition) is 5. The minimum atomic E-state index is 0.499. The Morgan fingerprint density at radius 2 is 2.27 bits per heavy atom. The van der Waals surface area contributed by atoms with Crippen LogP contribution in [0.4, 0.5) is 0 Å². The van der Waals surface area contributed by atoms with Crippen molar-refractivity contribution < 1.29 is 4.74 Å². The van der Waals surface area contributed by atoms with Crippen LogP contribution in [0.3, 0.4) is 0 Å². The van der Waals surface area contributed by atoms with Gasteiger partial charge in [0.1, 0.15) is 12.4 Å². The van der Waals surface area contributed by atoms with Crippen molar-refractivity contribution in [3.05, 3.63) is 5.82 Å². The van der Waals surface area contributed by atoms with E-state index < -0.39 is 0 Å².